The Hall–Kier alpha value is -1.48. The highest BCUT2D eigenvalue weighted by atomic mass is 19.1. The molecule has 0 radical (unpaired) electrons. The van der Waals surface area contributed by atoms with Crippen LogP contribution in [0.4, 0.5) is 4.39 Å². The molecule has 2 fully saturated rings. The average molecular weight is 382 g/mol. The highest BCUT2D eigenvalue weighted by Gasteiger charge is 2.56. The number of aryl methyl sites for hydroxylation is 1. The van der Waals surface area contributed by atoms with Crippen molar-refractivity contribution in [1.82, 2.24) is 4.98 Å². The molecule has 5 rings (SSSR count). The molecule has 3 heteroatoms. The lowest BCUT2D eigenvalue weighted by Crippen LogP contribution is -2.49. The summed E-state index contributed by atoms with van der Waals surface area (Å²) in [6, 6.07) is 1.98. The van der Waals surface area contributed by atoms with Gasteiger partial charge in [0.25, 0.3) is 0 Å². The highest BCUT2D eigenvalue weighted by molar-refractivity contribution is 5.72. The molecule has 2 saturated carbocycles. The first-order chi connectivity index (χ1) is 13.3. The molecule has 150 valence electrons. The molecule has 4 aliphatic carbocycles. The van der Waals surface area contributed by atoms with Crippen LogP contribution in [0, 0.1) is 41.5 Å². The summed E-state index contributed by atoms with van der Waals surface area (Å²) < 4.78 is 13.7. The fourth-order valence-electron chi connectivity index (χ4n) is 7.36. The Balaban J connectivity index is 1.47. The van der Waals surface area contributed by atoms with Crippen molar-refractivity contribution in [1.29, 1.82) is 0 Å². The van der Waals surface area contributed by atoms with Crippen LogP contribution < -0.4 is 0 Å². The van der Waals surface area contributed by atoms with Crippen LogP contribution in [-0.2, 0) is 0 Å². The smallest absolute Gasteiger partial charge is 0.215 e. The lowest BCUT2D eigenvalue weighted by Gasteiger charge is -2.57. The number of allylic oxidation sites excluding steroid dienone is 3. The third kappa shape index (κ3) is 2.51. The van der Waals surface area contributed by atoms with Crippen molar-refractivity contribution in [2.75, 3.05) is 0 Å². The van der Waals surface area contributed by atoms with Crippen molar-refractivity contribution < 1.29 is 9.50 Å². The maximum absolute atomic E-state index is 13.7. The van der Waals surface area contributed by atoms with Gasteiger partial charge in [-0.1, -0.05) is 31.6 Å². The maximum atomic E-state index is 13.7. The first-order valence-electron chi connectivity index (χ1n) is 11.0. The Labute approximate surface area is 168 Å². The Bertz CT molecular complexity index is 873. The minimum absolute atomic E-state index is 0.140. The second kappa shape index (κ2) is 6.26. The molecule has 4 aliphatic rings. The second-order valence-electron chi connectivity index (χ2n) is 10.3. The zero-order chi connectivity index (χ0) is 19.7. The zero-order valence-corrected chi connectivity index (χ0v) is 17.3. The topological polar surface area (TPSA) is 33.1 Å². The minimum Gasteiger partial charge on any atom is -0.393 e. The molecular formula is C25H32FNO. The van der Waals surface area contributed by atoms with Gasteiger partial charge in [-0.2, -0.15) is 4.39 Å². The van der Waals surface area contributed by atoms with E-state index in [1.165, 1.54) is 24.0 Å². The summed E-state index contributed by atoms with van der Waals surface area (Å²) >= 11 is 0. The van der Waals surface area contributed by atoms with Gasteiger partial charge in [-0.25, -0.2) is 4.98 Å². The molecule has 0 bridgehead atoms. The number of halogens is 1. The van der Waals surface area contributed by atoms with Crippen molar-refractivity contribution >= 4 is 5.57 Å². The second-order valence-corrected chi connectivity index (χ2v) is 10.3. The van der Waals surface area contributed by atoms with Gasteiger partial charge in [0.2, 0.25) is 5.95 Å². The number of hydrogen-bond donors (Lipinski definition) is 1. The van der Waals surface area contributed by atoms with Gasteiger partial charge >= 0.3 is 0 Å². The van der Waals surface area contributed by atoms with Crippen LogP contribution in [0.1, 0.15) is 69.9 Å². The number of aliphatic hydroxyl groups excluding tert-OH is 1. The van der Waals surface area contributed by atoms with Crippen LogP contribution in [0.5, 0.6) is 0 Å². The molecule has 28 heavy (non-hydrogen) atoms. The van der Waals surface area contributed by atoms with Crippen LogP contribution in [0.3, 0.4) is 0 Å². The molecule has 1 heterocycles. The first-order valence-corrected chi connectivity index (χ1v) is 11.0. The SMILES string of the molecule is Cc1cc(C2=CC[C@H]3[C@@H]4CC=C5C[C@@H](O)CC[C@]5(C)[C@H]4CC[C@]23C)cnc1F. The average Bonchev–Trinajstić information content (AvgIpc) is 3.02. The molecule has 0 unspecified atom stereocenters. The number of hydrogen-bond acceptors (Lipinski definition) is 2. The van der Waals surface area contributed by atoms with Crippen LogP contribution >= 0.6 is 0 Å². The van der Waals surface area contributed by atoms with E-state index in [1.54, 1.807) is 6.20 Å². The molecule has 0 amide bonds. The van der Waals surface area contributed by atoms with Crippen molar-refractivity contribution in [2.24, 2.45) is 28.6 Å². The monoisotopic (exact) mass is 381 g/mol. The molecule has 1 aromatic heterocycles. The number of rotatable bonds is 1. The Morgan fingerprint density at radius 2 is 1.86 bits per heavy atom. The normalized spacial score (nSPS) is 42.2. The van der Waals surface area contributed by atoms with Gasteiger partial charge in [0.1, 0.15) is 0 Å². The van der Waals surface area contributed by atoms with Gasteiger partial charge in [-0.3, -0.25) is 0 Å². The lowest BCUT2D eigenvalue weighted by molar-refractivity contribution is -0.0238. The van der Waals surface area contributed by atoms with Gasteiger partial charge < -0.3 is 5.11 Å². The van der Waals surface area contributed by atoms with E-state index < -0.39 is 0 Å². The molecule has 2 nitrogen and oxygen atoms in total. The summed E-state index contributed by atoms with van der Waals surface area (Å²) in [5.74, 6) is 1.75. The van der Waals surface area contributed by atoms with Crippen molar-refractivity contribution in [2.45, 2.75) is 71.8 Å². The van der Waals surface area contributed by atoms with E-state index in [2.05, 4.69) is 31.0 Å². The van der Waals surface area contributed by atoms with E-state index in [4.69, 9.17) is 0 Å². The Kier molecular flexibility index (Phi) is 4.14. The number of aliphatic hydroxyl groups is 1. The summed E-state index contributed by atoms with van der Waals surface area (Å²) in [4.78, 5) is 4.00. The van der Waals surface area contributed by atoms with Crippen LogP contribution in [0.15, 0.2) is 30.0 Å². The fourth-order valence-corrected chi connectivity index (χ4v) is 7.36. The molecule has 1 N–H and O–H groups in total. The van der Waals surface area contributed by atoms with Gasteiger partial charge in [0, 0.05) is 11.8 Å². The third-order valence-corrected chi connectivity index (χ3v) is 8.98. The molecule has 0 spiro atoms. The molecule has 0 aromatic carbocycles. The minimum atomic E-state index is -0.356. The Morgan fingerprint density at radius 3 is 2.64 bits per heavy atom. The van der Waals surface area contributed by atoms with E-state index in [1.807, 2.05) is 13.0 Å². The fraction of sp³-hybridized carbons (Fsp3) is 0.640. The number of pyridine rings is 1. The summed E-state index contributed by atoms with van der Waals surface area (Å²) in [7, 11) is 0. The highest BCUT2D eigenvalue weighted by Crippen LogP contribution is 2.66. The molecule has 6 atom stereocenters. The standard InChI is InChI=1S/C25H32FNO/c1-15-12-16(14-27-23(15)26)20-6-7-21-19-5-4-17-13-18(28)8-10-24(17,2)22(19)9-11-25(20,21)3/h4,6,12,14,18-19,21-22,28H,5,7-11,13H2,1-3H3/t18-,19-,21-,22-,24-,25+/m0/s1. The van der Waals surface area contributed by atoms with Crippen molar-refractivity contribution in [3.05, 3.63) is 47.1 Å². The van der Waals surface area contributed by atoms with Gasteiger partial charge in [-0.05, 0) is 97.7 Å². The van der Waals surface area contributed by atoms with E-state index >= 15 is 0 Å². The Morgan fingerprint density at radius 1 is 1.07 bits per heavy atom. The van der Waals surface area contributed by atoms with E-state index in [0.29, 0.717) is 17.4 Å². The first kappa shape index (κ1) is 18.5. The summed E-state index contributed by atoms with van der Waals surface area (Å²) in [6.45, 7) is 6.72. The number of aromatic nitrogens is 1. The lowest BCUT2D eigenvalue weighted by atomic mass is 9.47. The van der Waals surface area contributed by atoms with Crippen molar-refractivity contribution in [3.63, 3.8) is 0 Å². The zero-order valence-electron chi connectivity index (χ0n) is 17.3. The van der Waals surface area contributed by atoms with E-state index in [9.17, 15) is 9.50 Å². The predicted octanol–water partition coefficient (Wildman–Crippen LogP) is 5.85. The van der Waals surface area contributed by atoms with Crippen LogP contribution in [-0.4, -0.2) is 16.2 Å². The van der Waals surface area contributed by atoms with Crippen molar-refractivity contribution in [3.8, 4) is 0 Å². The quantitative estimate of drug-likeness (QED) is 0.489. The van der Waals surface area contributed by atoms with Gasteiger partial charge in [0.05, 0.1) is 6.10 Å². The van der Waals surface area contributed by atoms with E-state index in [-0.39, 0.29) is 22.9 Å². The summed E-state index contributed by atoms with van der Waals surface area (Å²) in [5, 5.41) is 10.2. The van der Waals surface area contributed by atoms with Crippen LogP contribution in [0.25, 0.3) is 5.57 Å². The molecule has 1 aromatic rings. The van der Waals surface area contributed by atoms with Gasteiger partial charge in [-0.15, -0.1) is 0 Å². The van der Waals surface area contributed by atoms with Crippen LogP contribution in [0.2, 0.25) is 0 Å². The summed E-state index contributed by atoms with van der Waals surface area (Å²) in [6.07, 6.45) is 14.2. The summed E-state index contributed by atoms with van der Waals surface area (Å²) in [5.41, 5.74) is 5.12. The largest absolute Gasteiger partial charge is 0.393 e. The predicted molar refractivity (Wildman–Crippen MR) is 110 cm³/mol. The number of fused-ring (bicyclic) bond motifs is 5. The maximum Gasteiger partial charge on any atom is 0.215 e. The van der Waals surface area contributed by atoms with Gasteiger partial charge in [0.15, 0.2) is 0 Å². The third-order valence-electron chi connectivity index (χ3n) is 8.98. The van der Waals surface area contributed by atoms with E-state index in [0.717, 1.165) is 43.6 Å². The molecule has 0 saturated heterocycles. The molecule has 0 aliphatic heterocycles. The molecular weight excluding hydrogens is 349 g/mol. The number of nitrogens with zero attached hydrogens (tertiary/aromatic N) is 1.